The minimum Gasteiger partial charge on any atom is -0.490 e. The van der Waals surface area contributed by atoms with Crippen molar-refractivity contribution in [2.75, 3.05) is 6.54 Å². The van der Waals surface area contributed by atoms with Crippen molar-refractivity contribution < 1.29 is 29.6 Å². The van der Waals surface area contributed by atoms with Gasteiger partial charge in [0.1, 0.15) is 24.4 Å². The first-order chi connectivity index (χ1) is 16.8. The number of hydrogen-bond acceptors (Lipinski definition) is 7. The number of rotatable bonds is 13. The molecule has 0 aromatic heterocycles. The van der Waals surface area contributed by atoms with Crippen LogP contribution in [0.15, 0.2) is 60.7 Å². The van der Waals surface area contributed by atoms with Crippen molar-refractivity contribution in [1.29, 1.82) is 0 Å². The maximum absolute atomic E-state index is 11.4. The fourth-order valence-electron chi connectivity index (χ4n) is 4.15. The van der Waals surface area contributed by atoms with Gasteiger partial charge in [-0.15, -0.1) is 0 Å². The average Bonchev–Trinajstić information content (AvgIpc) is 2.85. The van der Waals surface area contributed by atoms with Crippen molar-refractivity contribution >= 4 is 23.3 Å². The van der Waals surface area contributed by atoms with Crippen LogP contribution in [0.3, 0.4) is 0 Å². The van der Waals surface area contributed by atoms with Crippen LogP contribution in [-0.4, -0.2) is 58.8 Å². The van der Waals surface area contributed by atoms with Crippen molar-refractivity contribution in [2.24, 2.45) is 0 Å². The van der Waals surface area contributed by atoms with Gasteiger partial charge in [-0.25, -0.2) is 0 Å². The Labute approximate surface area is 205 Å². The van der Waals surface area contributed by atoms with Crippen molar-refractivity contribution in [3.8, 4) is 5.75 Å². The first kappa shape index (κ1) is 26.5. The number of aldehydes is 2. The molecule has 0 spiro atoms. The van der Waals surface area contributed by atoms with Gasteiger partial charge in [-0.05, 0) is 42.7 Å². The van der Waals surface area contributed by atoms with Crippen LogP contribution < -0.4 is 10.1 Å². The van der Waals surface area contributed by atoms with Crippen molar-refractivity contribution in [3.05, 3.63) is 77.4 Å². The summed E-state index contributed by atoms with van der Waals surface area (Å²) in [7, 11) is 0. The Morgan fingerprint density at radius 1 is 0.971 bits per heavy atom. The molecular formula is C28H33NO6. The van der Waals surface area contributed by atoms with Gasteiger partial charge in [-0.3, -0.25) is 4.79 Å². The lowest BCUT2D eigenvalue weighted by atomic mass is 9.99. The summed E-state index contributed by atoms with van der Waals surface area (Å²) in [6.07, 6.45) is -1.37. The topological polar surface area (TPSA) is 116 Å². The molecule has 0 radical (unpaired) electrons. The predicted octanol–water partition coefficient (Wildman–Crippen LogP) is 2.98. The van der Waals surface area contributed by atoms with Crippen LogP contribution in [0.2, 0.25) is 0 Å². The van der Waals surface area contributed by atoms with Crippen LogP contribution in [0.1, 0.15) is 47.9 Å². The van der Waals surface area contributed by atoms with Crippen LogP contribution in [0.25, 0.3) is 10.8 Å². The number of fused-ring (bicyclic) bond motifs is 1. The highest BCUT2D eigenvalue weighted by Crippen LogP contribution is 2.30. The first-order valence-electron chi connectivity index (χ1n) is 11.8. The van der Waals surface area contributed by atoms with Gasteiger partial charge in [-0.1, -0.05) is 54.6 Å². The molecule has 0 bridgehead atoms. The van der Waals surface area contributed by atoms with E-state index < -0.39 is 24.4 Å². The number of hydrogen-bond donors (Lipinski definition) is 4. The number of aliphatic hydroxyl groups is 3. The molecule has 3 rings (SSSR count). The number of carbonyl (C=O) groups is 2. The van der Waals surface area contributed by atoms with E-state index in [4.69, 9.17) is 4.74 Å². The predicted molar refractivity (Wildman–Crippen MR) is 135 cm³/mol. The molecule has 4 unspecified atom stereocenters. The van der Waals surface area contributed by atoms with E-state index in [1.807, 2.05) is 31.2 Å². The van der Waals surface area contributed by atoms with E-state index in [1.165, 1.54) is 0 Å². The van der Waals surface area contributed by atoms with Crippen molar-refractivity contribution in [2.45, 2.75) is 57.1 Å². The zero-order valence-corrected chi connectivity index (χ0v) is 20.0. The summed E-state index contributed by atoms with van der Waals surface area (Å²) in [5.74, 6) is 0.310. The highest BCUT2D eigenvalue weighted by molar-refractivity contribution is 5.85. The maximum Gasteiger partial charge on any atom is 0.150 e. The van der Waals surface area contributed by atoms with E-state index >= 15 is 0 Å². The van der Waals surface area contributed by atoms with Gasteiger partial charge in [-0.2, -0.15) is 0 Å². The molecule has 5 atom stereocenters. The second-order valence-corrected chi connectivity index (χ2v) is 8.93. The third-order valence-electron chi connectivity index (χ3n) is 5.92. The summed E-state index contributed by atoms with van der Waals surface area (Å²) in [5.41, 5.74) is 1.85. The number of carbonyl (C=O) groups excluding carboxylic acids is 2. The Morgan fingerprint density at radius 3 is 2.43 bits per heavy atom. The average molecular weight is 480 g/mol. The molecule has 0 fully saturated rings. The summed E-state index contributed by atoms with van der Waals surface area (Å²) < 4.78 is 6.17. The van der Waals surface area contributed by atoms with Crippen molar-refractivity contribution in [1.82, 2.24) is 5.32 Å². The number of aliphatic hydroxyl groups excluding tert-OH is 3. The van der Waals surface area contributed by atoms with E-state index in [9.17, 15) is 24.9 Å². The summed E-state index contributed by atoms with van der Waals surface area (Å²) >= 11 is 0. The fourth-order valence-corrected chi connectivity index (χ4v) is 4.15. The Kier molecular flexibility index (Phi) is 9.51. The van der Waals surface area contributed by atoms with Gasteiger partial charge in [0.25, 0.3) is 0 Å². The van der Waals surface area contributed by atoms with Gasteiger partial charge in [0.05, 0.1) is 24.4 Å². The number of ether oxygens (including phenoxy) is 1. The fraction of sp³-hybridized carbons (Fsp3) is 0.357. The monoisotopic (exact) mass is 479 g/mol. The van der Waals surface area contributed by atoms with Crippen LogP contribution in [-0.2, 0) is 11.2 Å². The zero-order valence-electron chi connectivity index (χ0n) is 20.0. The van der Waals surface area contributed by atoms with Crippen molar-refractivity contribution in [3.63, 3.8) is 0 Å². The maximum atomic E-state index is 11.4. The zero-order chi connectivity index (χ0) is 25.4. The SMILES string of the molecule is CC(O)C[C@@H](C=O)NCC(O)C(O)c1ccc(C=O)cc1OC(C)Cc1cccc2ccccc12. The highest BCUT2D eigenvalue weighted by Gasteiger charge is 2.24. The molecule has 7 nitrogen and oxygen atoms in total. The van der Waals surface area contributed by atoms with E-state index in [-0.39, 0.29) is 19.1 Å². The van der Waals surface area contributed by atoms with Crippen LogP contribution in [0.4, 0.5) is 0 Å². The molecule has 3 aromatic rings. The standard InChI is InChI=1S/C28H33NO6/c1-18(32)12-23(17-31)29-15-26(33)28(34)25-11-10-20(16-30)14-27(25)35-19(2)13-22-8-5-7-21-6-3-4-9-24(21)22/h3-11,14,16-19,23,26,28-29,32-34H,12-13,15H2,1-2H3/t18?,19?,23-,26?,28?/m0/s1. The number of benzene rings is 3. The highest BCUT2D eigenvalue weighted by atomic mass is 16.5. The normalized spacial score (nSPS) is 15.7. The molecule has 0 saturated heterocycles. The second kappa shape index (κ2) is 12.6. The van der Waals surface area contributed by atoms with Gasteiger partial charge in [0.15, 0.2) is 0 Å². The minimum atomic E-state index is -1.32. The van der Waals surface area contributed by atoms with Gasteiger partial charge >= 0.3 is 0 Å². The summed E-state index contributed by atoms with van der Waals surface area (Å²) in [4.78, 5) is 22.6. The second-order valence-electron chi connectivity index (χ2n) is 8.93. The molecule has 0 amide bonds. The Hall–Kier alpha value is -3.10. The first-order valence-corrected chi connectivity index (χ1v) is 11.8. The molecule has 0 aliphatic carbocycles. The smallest absolute Gasteiger partial charge is 0.150 e. The summed E-state index contributed by atoms with van der Waals surface area (Å²) in [6, 6.07) is 18.2. The van der Waals surface area contributed by atoms with E-state index in [0.717, 1.165) is 16.3 Å². The summed E-state index contributed by atoms with van der Waals surface area (Å²) in [5, 5.41) is 36.0. The van der Waals surface area contributed by atoms with Gasteiger partial charge < -0.3 is 30.2 Å². The largest absolute Gasteiger partial charge is 0.490 e. The Balaban J connectivity index is 1.75. The molecular weight excluding hydrogens is 446 g/mol. The summed E-state index contributed by atoms with van der Waals surface area (Å²) in [6.45, 7) is 3.41. The van der Waals surface area contributed by atoms with Crippen LogP contribution in [0, 0.1) is 0 Å². The lowest BCUT2D eigenvalue weighted by Crippen LogP contribution is -2.40. The molecule has 35 heavy (non-hydrogen) atoms. The van der Waals surface area contributed by atoms with E-state index in [2.05, 4.69) is 23.5 Å². The lowest BCUT2D eigenvalue weighted by molar-refractivity contribution is -0.110. The molecule has 186 valence electrons. The molecule has 0 aliphatic rings. The molecule has 0 heterocycles. The van der Waals surface area contributed by atoms with Gasteiger partial charge in [0.2, 0.25) is 0 Å². The Bertz CT molecular complexity index is 1130. The molecule has 7 heteroatoms. The van der Waals surface area contributed by atoms with Gasteiger partial charge in [0, 0.05) is 24.1 Å². The van der Waals surface area contributed by atoms with E-state index in [0.29, 0.717) is 35.9 Å². The van der Waals surface area contributed by atoms with Crippen LogP contribution in [0.5, 0.6) is 5.75 Å². The third kappa shape index (κ3) is 7.19. The quantitative estimate of drug-likeness (QED) is 0.279. The molecule has 0 aliphatic heterocycles. The minimum absolute atomic E-state index is 0.0717. The lowest BCUT2D eigenvalue weighted by Gasteiger charge is -2.25. The van der Waals surface area contributed by atoms with Crippen LogP contribution >= 0.6 is 0 Å². The Morgan fingerprint density at radius 2 is 1.71 bits per heavy atom. The molecule has 0 saturated carbocycles. The van der Waals surface area contributed by atoms with E-state index in [1.54, 1.807) is 25.1 Å². The molecule has 4 N–H and O–H groups in total. The number of nitrogens with one attached hydrogen (secondary N) is 1. The third-order valence-corrected chi connectivity index (χ3v) is 5.92. The molecule has 3 aromatic carbocycles.